The van der Waals surface area contributed by atoms with E-state index in [1.54, 1.807) is 0 Å². The van der Waals surface area contributed by atoms with Gasteiger partial charge in [0.05, 0.1) is 17.2 Å². The molecule has 1 N–H and O–H groups in total. The second-order valence-electron chi connectivity index (χ2n) is 7.83. The van der Waals surface area contributed by atoms with E-state index in [4.69, 9.17) is 39.5 Å². The molecule has 3 aromatic rings. The molecular formula is C25H24Cl3N3O2. The summed E-state index contributed by atoms with van der Waals surface area (Å²) in [4.78, 5) is 17.4. The van der Waals surface area contributed by atoms with Gasteiger partial charge in [0.15, 0.2) is 5.75 Å². The molecule has 1 amide bonds. The highest BCUT2D eigenvalue weighted by Crippen LogP contribution is 2.34. The highest BCUT2D eigenvalue weighted by Gasteiger charge is 2.18. The fourth-order valence-corrected chi connectivity index (χ4v) is 4.71. The Balaban J connectivity index is 1.33. The van der Waals surface area contributed by atoms with Gasteiger partial charge >= 0.3 is 0 Å². The van der Waals surface area contributed by atoms with Gasteiger partial charge in [0.1, 0.15) is 0 Å². The van der Waals surface area contributed by atoms with Crippen molar-refractivity contribution >= 4 is 52.1 Å². The smallest absolute Gasteiger partial charge is 0.255 e. The molecule has 3 aromatic carbocycles. The van der Waals surface area contributed by atoms with Gasteiger partial charge in [-0.1, -0.05) is 53.0 Å². The van der Waals surface area contributed by atoms with E-state index in [1.807, 2.05) is 42.5 Å². The van der Waals surface area contributed by atoms with Crippen molar-refractivity contribution in [3.8, 4) is 5.75 Å². The Labute approximate surface area is 208 Å². The lowest BCUT2D eigenvalue weighted by molar-refractivity contribution is 0.102. The van der Waals surface area contributed by atoms with Crippen LogP contribution >= 0.6 is 34.8 Å². The van der Waals surface area contributed by atoms with E-state index < -0.39 is 0 Å². The first-order valence-corrected chi connectivity index (χ1v) is 11.7. The Morgan fingerprint density at radius 1 is 0.909 bits per heavy atom. The lowest BCUT2D eigenvalue weighted by atomic mass is 10.1. The van der Waals surface area contributed by atoms with Crippen molar-refractivity contribution in [2.24, 2.45) is 0 Å². The third kappa shape index (κ3) is 5.74. The number of nitrogens with zero attached hydrogens (tertiary/aromatic N) is 2. The van der Waals surface area contributed by atoms with Gasteiger partial charge in [0, 0.05) is 54.7 Å². The molecule has 5 nitrogen and oxygen atoms in total. The number of nitrogens with one attached hydrogen (secondary N) is 1. The number of carbonyl (C=O) groups is 1. The first kappa shape index (κ1) is 23.7. The molecule has 1 fully saturated rings. The van der Waals surface area contributed by atoms with Crippen molar-refractivity contribution in [2.45, 2.75) is 6.54 Å². The topological polar surface area (TPSA) is 44.8 Å². The van der Waals surface area contributed by atoms with Gasteiger partial charge in [-0.15, -0.1) is 0 Å². The molecule has 8 heteroatoms. The molecule has 1 aliphatic rings. The van der Waals surface area contributed by atoms with Crippen LogP contribution in [0.2, 0.25) is 15.1 Å². The minimum absolute atomic E-state index is 0.289. The summed E-state index contributed by atoms with van der Waals surface area (Å²) in [6, 6.07) is 18.9. The third-order valence-electron chi connectivity index (χ3n) is 5.68. The first-order valence-electron chi connectivity index (χ1n) is 10.6. The Morgan fingerprint density at radius 3 is 2.15 bits per heavy atom. The maximum absolute atomic E-state index is 12.6. The van der Waals surface area contributed by atoms with Gasteiger partial charge in [-0.25, -0.2) is 0 Å². The molecule has 172 valence electrons. The molecule has 1 heterocycles. The van der Waals surface area contributed by atoms with E-state index >= 15 is 0 Å². The SMILES string of the molecule is COc1c(Cl)cc(C(=O)Nc2ccc(N3CCN(Cc4ccccc4Cl)CC3)cc2)cc1Cl. The van der Waals surface area contributed by atoms with Crippen LogP contribution in [0.3, 0.4) is 0 Å². The lowest BCUT2D eigenvalue weighted by Gasteiger charge is -2.36. The van der Waals surface area contributed by atoms with Gasteiger partial charge in [-0.2, -0.15) is 0 Å². The van der Waals surface area contributed by atoms with E-state index in [0.29, 0.717) is 27.0 Å². The average Bonchev–Trinajstić information content (AvgIpc) is 2.81. The Kier molecular flexibility index (Phi) is 7.66. The lowest BCUT2D eigenvalue weighted by Crippen LogP contribution is -2.46. The van der Waals surface area contributed by atoms with Crippen LogP contribution in [0.1, 0.15) is 15.9 Å². The summed E-state index contributed by atoms with van der Waals surface area (Å²) in [7, 11) is 1.48. The van der Waals surface area contributed by atoms with E-state index in [2.05, 4.69) is 21.2 Å². The summed E-state index contributed by atoms with van der Waals surface area (Å²) in [6.07, 6.45) is 0. The fraction of sp³-hybridized carbons (Fsp3) is 0.240. The maximum Gasteiger partial charge on any atom is 0.255 e. The number of halogens is 3. The van der Waals surface area contributed by atoms with Crippen LogP contribution in [0.4, 0.5) is 11.4 Å². The second kappa shape index (κ2) is 10.7. The summed E-state index contributed by atoms with van der Waals surface area (Å²) < 4.78 is 5.13. The number of benzene rings is 3. The van der Waals surface area contributed by atoms with E-state index in [-0.39, 0.29) is 5.91 Å². The first-order chi connectivity index (χ1) is 15.9. The zero-order valence-electron chi connectivity index (χ0n) is 18.2. The van der Waals surface area contributed by atoms with Crippen LogP contribution in [-0.4, -0.2) is 44.1 Å². The Bertz CT molecular complexity index is 1110. The summed E-state index contributed by atoms with van der Waals surface area (Å²) in [6.45, 7) is 4.64. The van der Waals surface area contributed by atoms with Gasteiger partial charge < -0.3 is 15.0 Å². The van der Waals surface area contributed by atoms with Gasteiger partial charge in [-0.3, -0.25) is 9.69 Å². The maximum atomic E-state index is 12.6. The molecule has 1 aliphatic heterocycles. The van der Waals surface area contributed by atoms with E-state index in [9.17, 15) is 4.79 Å². The summed E-state index contributed by atoms with van der Waals surface area (Å²) >= 11 is 18.6. The molecule has 0 aliphatic carbocycles. The minimum atomic E-state index is -0.289. The van der Waals surface area contributed by atoms with Crippen LogP contribution in [-0.2, 0) is 6.54 Å². The van der Waals surface area contributed by atoms with Crippen molar-refractivity contribution in [3.63, 3.8) is 0 Å². The minimum Gasteiger partial charge on any atom is -0.494 e. The number of piperazine rings is 1. The number of hydrogen-bond donors (Lipinski definition) is 1. The fourth-order valence-electron chi connectivity index (χ4n) is 3.88. The van der Waals surface area contributed by atoms with E-state index in [1.165, 1.54) is 19.2 Å². The molecule has 4 rings (SSSR count). The monoisotopic (exact) mass is 503 g/mol. The number of methoxy groups -OCH3 is 1. The largest absolute Gasteiger partial charge is 0.494 e. The van der Waals surface area contributed by atoms with Crippen LogP contribution in [0.5, 0.6) is 5.75 Å². The van der Waals surface area contributed by atoms with Crippen molar-refractivity contribution in [2.75, 3.05) is 43.5 Å². The Hall–Kier alpha value is -2.44. The molecule has 33 heavy (non-hydrogen) atoms. The van der Waals surface area contributed by atoms with Crippen molar-refractivity contribution in [1.29, 1.82) is 0 Å². The molecule has 0 bridgehead atoms. The van der Waals surface area contributed by atoms with Crippen LogP contribution in [0, 0.1) is 0 Å². The van der Waals surface area contributed by atoms with E-state index in [0.717, 1.165) is 49.0 Å². The molecular weight excluding hydrogens is 481 g/mol. The molecule has 0 atom stereocenters. The second-order valence-corrected chi connectivity index (χ2v) is 9.05. The zero-order chi connectivity index (χ0) is 23.4. The molecule has 0 radical (unpaired) electrons. The van der Waals surface area contributed by atoms with Gasteiger partial charge in [0.2, 0.25) is 0 Å². The number of amides is 1. The Morgan fingerprint density at radius 2 is 1.55 bits per heavy atom. The van der Waals surface area contributed by atoms with Crippen LogP contribution in [0.25, 0.3) is 0 Å². The van der Waals surface area contributed by atoms with Gasteiger partial charge in [0.25, 0.3) is 5.91 Å². The standard InChI is InChI=1S/C25H24Cl3N3O2/c1-33-24-22(27)14-18(15-23(24)28)25(32)29-19-6-8-20(9-7-19)31-12-10-30(11-13-31)16-17-4-2-3-5-21(17)26/h2-9,14-15H,10-13,16H2,1H3,(H,29,32). The number of hydrogen-bond acceptors (Lipinski definition) is 4. The highest BCUT2D eigenvalue weighted by atomic mass is 35.5. The molecule has 0 unspecified atom stereocenters. The van der Waals surface area contributed by atoms with Crippen molar-refractivity contribution in [3.05, 3.63) is 86.9 Å². The number of ether oxygens (including phenoxy) is 1. The van der Waals surface area contributed by atoms with Crippen LogP contribution in [0.15, 0.2) is 60.7 Å². The highest BCUT2D eigenvalue weighted by molar-refractivity contribution is 6.37. The molecule has 0 aromatic heterocycles. The molecule has 0 saturated carbocycles. The third-order valence-corrected chi connectivity index (χ3v) is 6.61. The molecule has 0 spiro atoms. The normalized spacial score (nSPS) is 14.2. The summed E-state index contributed by atoms with van der Waals surface area (Å²) in [5.41, 5.74) is 3.35. The number of anilines is 2. The zero-order valence-corrected chi connectivity index (χ0v) is 20.4. The van der Waals surface area contributed by atoms with Gasteiger partial charge in [-0.05, 0) is 48.0 Å². The molecule has 1 saturated heterocycles. The average molecular weight is 505 g/mol. The van der Waals surface area contributed by atoms with Crippen molar-refractivity contribution < 1.29 is 9.53 Å². The number of rotatable bonds is 6. The van der Waals surface area contributed by atoms with Crippen LogP contribution < -0.4 is 15.0 Å². The predicted molar refractivity (Wildman–Crippen MR) is 136 cm³/mol. The summed E-state index contributed by atoms with van der Waals surface area (Å²) in [5.74, 6) is 0.0635. The summed E-state index contributed by atoms with van der Waals surface area (Å²) in [5, 5.41) is 4.28. The number of carbonyl (C=O) groups excluding carboxylic acids is 1. The van der Waals surface area contributed by atoms with Crippen molar-refractivity contribution in [1.82, 2.24) is 4.90 Å². The quantitative estimate of drug-likeness (QED) is 0.432. The predicted octanol–water partition coefficient (Wildman–Crippen LogP) is 6.23.